The van der Waals surface area contributed by atoms with Crippen molar-refractivity contribution in [1.29, 1.82) is 0 Å². The van der Waals surface area contributed by atoms with Gasteiger partial charge in [0.15, 0.2) is 11.9 Å². The summed E-state index contributed by atoms with van der Waals surface area (Å²) in [4.78, 5) is 45.2. The first-order valence-corrected chi connectivity index (χ1v) is 10.2. The number of fused-ring (bicyclic) bond motifs is 1. The Morgan fingerprint density at radius 2 is 2.15 bits per heavy atom. The fourth-order valence-electron chi connectivity index (χ4n) is 3.95. The summed E-state index contributed by atoms with van der Waals surface area (Å²) in [6.07, 6.45) is -0.990. The smallest absolute Gasteiger partial charge is 0.332 e. The van der Waals surface area contributed by atoms with Crippen LogP contribution in [0, 0.1) is 0 Å². The minimum atomic E-state index is -1.04. The fraction of sp³-hybridized carbons (Fsp3) is 0.381. The van der Waals surface area contributed by atoms with Crippen molar-refractivity contribution >= 4 is 29.1 Å². The van der Waals surface area contributed by atoms with Gasteiger partial charge < -0.3 is 25.1 Å². The Morgan fingerprint density at radius 3 is 2.85 bits per heavy atom. The lowest BCUT2D eigenvalue weighted by Crippen LogP contribution is -2.34. The molecule has 0 bridgehead atoms. The van der Waals surface area contributed by atoms with Gasteiger partial charge in [-0.25, -0.2) is 14.3 Å². The van der Waals surface area contributed by atoms with Crippen molar-refractivity contribution in [3.63, 3.8) is 0 Å². The molecular weight excluding hydrogens is 434 g/mol. The van der Waals surface area contributed by atoms with Crippen molar-refractivity contribution in [2.75, 3.05) is 12.8 Å². The number of phenols is 1. The summed E-state index contributed by atoms with van der Waals surface area (Å²) in [5.41, 5.74) is 6.51. The number of aromatic nitrogens is 4. The molecule has 12 nitrogen and oxygen atoms in total. The van der Waals surface area contributed by atoms with E-state index in [0.29, 0.717) is 11.1 Å². The number of nitrogens with two attached hydrogens (primary N) is 1. The van der Waals surface area contributed by atoms with Crippen molar-refractivity contribution in [3.05, 3.63) is 46.5 Å². The Bertz CT molecular complexity index is 1270. The Labute approximate surface area is 187 Å². The van der Waals surface area contributed by atoms with Gasteiger partial charge in [0.1, 0.15) is 17.4 Å². The number of rotatable bonds is 6. The van der Waals surface area contributed by atoms with Crippen LogP contribution in [0.15, 0.2) is 35.3 Å². The van der Waals surface area contributed by atoms with Crippen LogP contribution in [0.1, 0.15) is 31.6 Å². The number of ether oxygens (including phenoxy) is 3. The molecule has 1 aromatic carbocycles. The average Bonchev–Trinajstić information content (AvgIpc) is 3.24. The molecule has 1 saturated heterocycles. The van der Waals surface area contributed by atoms with E-state index in [1.165, 1.54) is 41.5 Å². The van der Waals surface area contributed by atoms with E-state index in [9.17, 15) is 19.5 Å². The van der Waals surface area contributed by atoms with Gasteiger partial charge in [0.2, 0.25) is 5.95 Å². The predicted octanol–water partition coefficient (Wildman–Crippen LogP) is 0.711. The monoisotopic (exact) mass is 457 g/mol. The molecular formula is C21H23N5O7. The number of esters is 2. The van der Waals surface area contributed by atoms with Crippen molar-refractivity contribution < 1.29 is 28.9 Å². The number of imidazole rings is 1. The standard InChI is InChI=1S/C21H23N5O7/c1-11(27)32-16-7-14(8-17(29)31-2)33-19(16)26-18-15(9-23-20(22)24-18)25(21(26)30)10-12-4-3-5-13(28)6-12/h3-6,9,14,16,19,28H,7-8,10H2,1-2H3,(H2,22,23,24)/t14-,16+,19+/m0/s1. The van der Waals surface area contributed by atoms with Gasteiger partial charge in [-0.05, 0) is 17.7 Å². The van der Waals surface area contributed by atoms with E-state index in [-0.39, 0.29) is 36.7 Å². The van der Waals surface area contributed by atoms with Crippen molar-refractivity contribution in [2.24, 2.45) is 0 Å². The molecule has 0 aliphatic carbocycles. The predicted molar refractivity (Wildman–Crippen MR) is 114 cm³/mol. The molecule has 174 valence electrons. The minimum Gasteiger partial charge on any atom is -0.508 e. The molecule has 3 aromatic rings. The highest BCUT2D eigenvalue weighted by Gasteiger charge is 2.42. The van der Waals surface area contributed by atoms with Crippen LogP contribution >= 0.6 is 0 Å². The van der Waals surface area contributed by atoms with E-state index in [0.717, 1.165) is 0 Å². The summed E-state index contributed by atoms with van der Waals surface area (Å²) in [5.74, 6) is -1.05. The lowest BCUT2D eigenvalue weighted by Gasteiger charge is -2.19. The molecule has 4 rings (SSSR count). The first-order chi connectivity index (χ1) is 15.8. The highest BCUT2D eigenvalue weighted by molar-refractivity contribution is 5.72. The van der Waals surface area contributed by atoms with Crippen LogP contribution in [0.5, 0.6) is 5.75 Å². The maximum absolute atomic E-state index is 13.5. The average molecular weight is 457 g/mol. The molecule has 0 radical (unpaired) electrons. The summed E-state index contributed by atoms with van der Waals surface area (Å²) in [6.45, 7) is 1.36. The second-order valence-electron chi connectivity index (χ2n) is 7.66. The summed E-state index contributed by atoms with van der Waals surface area (Å²) < 4.78 is 18.7. The number of anilines is 1. The number of carbonyl (C=O) groups excluding carboxylic acids is 2. The Hall–Kier alpha value is -3.93. The second kappa shape index (κ2) is 8.90. The van der Waals surface area contributed by atoms with E-state index in [4.69, 9.17) is 19.9 Å². The quantitative estimate of drug-likeness (QED) is 0.504. The van der Waals surface area contributed by atoms with Crippen LogP contribution in [0.25, 0.3) is 11.2 Å². The van der Waals surface area contributed by atoms with Gasteiger partial charge in [-0.1, -0.05) is 12.1 Å². The lowest BCUT2D eigenvalue weighted by atomic mass is 10.1. The number of aromatic hydroxyl groups is 1. The third-order valence-corrected chi connectivity index (χ3v) is 5.31. The molecule has 0 unspecified atom stereocenters. The first-order valence-electron chi connectivity index (χ1n) is 10.2. The molecule has 3 N–H and O–H groups in total. The van der Waals surface area contributed by atoms with Crippen LogP contribution in [-0.4, -0.2) is 55.5 Å². The van der Waals surface area contributed by atoms with Crippen LogP contribution in [0.3, 0.4) is 0 Å². The Morgan fingerprint density at radius 1 is 1.36 bits per heavy atom. The number of hydrogen-bond acceptors (Lipinski definition) is 10. The maximum Gasteiger partial charge on any atom is 0.332 e. The molecule has 3 atom stereocenters. The third-order valence-electron chi connectivity index (χ3n) is 5.31. The number of methoxy groups -OCH3 is 1. The zero-order valence-corrected chi connectivity index (χ0v) is 18.0. The van der Waals surface area contributed by atoms with Gasteiger partial charge >= 0.3 is 17.6 Å². The van der Waals surface area contributed by atoms with Gasteiger partial charge in [-0.3, -0.25) is 14.2 Å². The fourth-order valence-corrected chi connectivity index (χ4v) is 3.95. The molecule has 2 aromatic heterocycles. The topological polar surface area (TPSA) is 161 Å². The molecule has 1 aliphatic heterocycles. The Balaban J connectivity index is 1.80. The highest BCUT2D eigenvalue weighted by atomic mass is 16.6. The third kappa shape index (κ3) is 4.51. The van der Waals surface area contributed by atoms with Crippen molar-refractivity contribution in [3.8, 4) is 5.75 Å². The molecule has 3 heterocycles. The largest absolute Gasteiger partial charge is 0.508 e. The van der Waals surface area contributed by atoms with Crippen LogP contribution in [-0.2, 0) is 30.3 Å². The normalized spacial score (nSPS) is 20.1. The van der Waals surface area contributed by atoms with Crippen molar-refractivity contribution in [2.45, 2.75) is 44.7 Å². The summed E-state index contributed by atoms with van der Waals surface area (Å²) >= 11 is 0. The van der Waals surface area contributed by atoms with Crippen LogP contribution < -0.4 is 11.4 Å². The minimum absolute atomic E-state index is 0.0566. The molecule has 0 spiro atoms. The van der Waals surface area contributed by atoms with E-state index in [2.05, 4.69) is 9.97 Å². The zero-order valence-electron chi connectivity index (χ0n) is 18.0. The SMILES string of the molecule is COC(=O)C[C@@H]1C[C@@H](OC(C)=O)[C@H](n2c(=O)n(Cc3cccc(O)c3)c3cnc(N)nc32)O1. The second-order valence-corrected chi connectivity index (χ2v) is 7.66. The molecule has 12 heteroatoms. The van der Waals surface area contributed by atoms with Crippen LogP contribution in [0.2, 0.25) is 0 Å². The number of benzene rings is 1. The van der Waals surface area contributed by atoms with E-state index < -0.39 is 36.1 Å². The van der Waals surface area contributed by atoms with Crippen molar-refractivity contribution in [1.82, 2.24) is 19.1 Å². The van der Waals surface area contributed by atoms with Gasteiger partial charge in [0.05, 0.1) is 32.4 Å². The van der Waals surface area contributed by atoms with Gasteiger partial charge in [-0.2, -0.15) is 4.98 Å². The Kier molecular flexibility index (Phi) is 6.01. The molecule has 1 aliphatic rings. The van der Waals surface area contributed by atoms with E-state index in [1.807, 2.05) is 0 Å². The highest BCUT2D eigenvalue weighted by Crippen LogP contribution is 2.34. The van der Waals surface area contributed by atoms with Crippen LogP contribution in [0.4, 0.5) is 5.95 Å². The van der Waals surface area contributed by atoms with Gasteiger partial charge in [0, 0.05) is 13.3 Å². The lowest BCUT2D eigenvalue weighted by molar-refractivity contribution is -0.153. The summed E-state index contributed by atoms with van der Waals surface area (Å²) in [7, 11) is 1.26. The number of carbonyl (C=O) groups is 2. The number of nitrogens with zero attached hydrogens (tertiary/aromatic N) is 4. The molecule has 33 heavy (non-hydrogen) atoms. The molecule has 0 saturated carbocycles. The summed E-state index contributed by atoms with van der Waals surface area (Å²) in [6, 6.07) is 6.48. The number of phenolic OH excluding ortho intramolecular Hbond substituents is 1. The van der Waals surface area contributed by atoms with Gasteiger partial charge in [0.25, 0.3) is 0 Å². The summed E-state index contributed by atoms with van der Waals surface area (Å²) in [5, 5.41) is 9.79. The van der Waals surface area contributed by atoms with E-state index in [1.54, 1.807) is 12.1 Å². The molecule has 1 fully saturated rings. The number of nitrogen functional groups attached to an aromatic ring is 1. The number of hydrogen-bond donors (Lipinski definition) is 2. The maximum atomic E-state index is 13.5. The molecule has 0 amide bonds. The zero-order chi connectivity index (χ0) is 23.7. The van der Waals surface area contributed by atoms with E-state index >= 15 is 0 Å². The van der Waals surface area contributed by atoms with Gasteiger partial charge in [-0.15, -0.1) is 0 Å². The first kappa shape index (κ1) is 22.3.